The molecule has 2 rings (SSSR count). The maximum atomic E-state index is 13.6. The Bertz CT molecular complexity index is 490. The summed E-state index contributed by atoms with van der Waals surface area (Å²) in [5, 5.41) is 0. The molecule has 1 radical (unpaired) electrons. The maximum absolute atomic E-state index is 13.6. The van der Waals surface area contributed by atoms with Crippen molar-refractivity contribution in [2.45, 2.75) is 30.9 Å². The fourth-order valence-electron chi connectivity index (χ4n) is 2.24. The molecule has 1 atom stereocenters. The van der Waals surface area contributed by atoms with E-state index >= 15 is 0 Å². The molecule has 1 unspecified atom stereocenters. The van der Waals surface area contributed by atoms with Crippen molar-refractivity contribution in [3.05, 3.63) is 41.8 Å². The van der Waals surface area contributed by atoms with E-state index in [0.717, 1.165) is 6.42 Å². The van der Waals surface area contributed by atoms with Crippen LogP contribution in [0.3, 0.4) is 0 Å². The van der Waals surface area contributed by atoms with Gasteiger partial charge in [0.15, 0.2) is 0 Å². The topological polar surface area (TPSA) is 0 Å². The summed E-state index contributed by atoms with van der Waals surface area (Å²) in [5.41, 5.74) is 0.941. The molecule has 0 heterocycles. The van der Waals surface area contributed by atoms with E-state index in [4.69, 9.17) is 0 Å². The van der Waals surface area contributed by atoms with Gasteiger partial charge in [0.1, 0.15) is 0 Å². The zero-order valence-corrected chi connectivity index (χ0v) is 10.0. The SMILES string of the molecule is FC(F)(F)C(F)(F)C(F)(F)C1[CH]c2ccccc2CC1. The van der Waals surface area contributed by atoms with Crippen LogP contribution < -0.4 is 0 Å². The molecule has 7 heteroatoms. The lowest BCUT2D eigenvalue weighted by Gasteiger charge is -2.36. The molecule has 0 N–H and O–H groups in total. The van der Waals surface area contributed by atoms with Crippen molar-refractivity contribution < 1.29 is 30.7 Å². The molecule has 111 valence electrons. The van der Waals surface area contributed by atoms with E-state index in [9.17, 15) is 30.7 Å². The van der Waals surface area contributed by atoms with Crippen LogP contribution >= 0.6 is 0 Å². The van der Waals surface area contributed by atoms with Gasteiger partial charge in [0, 0.05) is 12.3 Å². The first-order valence-corrected chi connectivity index (χ1v) is 5.82. The van der Waals surface area contributed by atoms with Crippen LogP contribution in [0, 0.1) is 12.3 Å². The molecule has 1 aliphatic carbocycles. The van der Waals surface area contributed by atoms with Crippen LogP contribution in [0.4, 0.5) is 30.7 Å². The van der Waals surface area contributed by atoms with E-state index in [1.807, 2.05) is 0 Å². The van der Waals surface area contributed by atoms with Gasteiger partial charge >= 0.3 is 18.0 Å². The highest BCUT2D eigenvalue weighted by Gasteiger charge is 2.74. The molecule has 1 aromatic carbocycles. The number of fused-ring (bicyclic) bond motifs is 1. The van der Waals surface area contributed by atoms with Crippen LogP contribution in [0.25, 0.3) is 0 Å². The van der Waals surface area contributed by atoms with E-state index < -0.39 is 30.4 Å². The molecule has 0 amide bonds. The Morgan fingerprint density at radius 3 is 2.10 bits per heavy atom. The van der Waals surface area contributed by atoms with Gasteiger partial charge in [-0.25, -0.2) is 0 Å². The molecule has 0 aromatic heterocycles. The second-order valence-corrected chi connectivity index (χ2v) is 4.71. The Kier molecular flexibility index (Phi) is 3.50. The van der Waals surface area contributed by atoms with E-state index in [-0.39, 0.29) is 12.0 Å². The minimum Gasteiger partial charge on any atom is -0.199 e. The highest BCUT2D eigenvalue weighted by molar-refractivity contribution is 5.37. The zero-order chi connectivity index (χ0) is 15.2. The number of hydrogen-bond donors (Lipinski definition) is 0. The second-order valence-electron chi connectivity index (χ2n) is 4.71. The fraction of sp³-hybridized carbons (Fsp3) is 0.462. The number of hydrogen-bond acceptors (Lipinski definition) is 0. The average Bonchev–Trinajstić information content (AvgIpc) is 2.36. The third kappa shape index (κ3) is 2.27. The van der Waals surface area contributed by atoms with Gasteiger partial charge in [-0.2, -0.15) is 30.7 Å². The van der Waals surface area contributed by atoms with Crippen molar-refractivity contribution in [2.75, 3.05) is 0 Å². The van der Waals surface area contributed by atoms with E-state index in [1.165, 1.54) is 12.1 Å². The lowest BCUT2D eigenvalue weighted by atomic mass is 9.78. The fourth-order valence-corrected chi connectivity index (χ4v) is 2.24. The molecule has 0 saturated heterocycles. The third-order valence-electron chi connectivity index (χ3n) is 3.40. The van der Waals surface area contributed by atoms with Gasteiger partial charge < -0.3 is 0 Å². The average molecular weight is 299 g/mol. The Labute approximate surface area is 110 Å². The molecular formula is C13H10F7. The standard InChI is InChI=1S/C13H10F7/c14-11(15,12(16,17)13(18,19)20)10-6-5-8-3-1-2-4-9(8)7-10/h1-4,7,10H,5-6H2. The summed E-state index contributed by atoms with van der Waals surface area (Å²) in [6, 6.07) is 6.21. The van der Waals surface area contributed by atoms with Crippen molar-refractivity contribution in [2.24, 2.45) is 5.92 Å². The highest BCUT2D eigenvalue weighted by atomic mass is 19.4. The summed E-state index contributed by atoms with van der Waals surface area (Å²) in [6.45, 7) is 0. The first kappa shape index (κ1) is 15.1. The van der Waals surface area contributed by atoms with Crippen LogP contribution in [0.1, 0.15) is 17.5 Å². The third-order valence-corrected chi connectivity index (χ3v) is 3.40. The summed E-state index contributed by atoms with van der Waals surface area (Å²) < 4.78 is 89.5. The Hall–Kier alpha value is -1.27. The van der Waals surface area contributed by atoms with Crippen molar-refractivity contribution in [3.8, 4) is 0 Å². The largest absolute Gasteiger partial charge is 0.459 e. The first-order valence-electron chi connectivity index (χ1n) is 5.82. The second kappa shape index (κ2) is 4.63. The van der Waals surface area contributed by atoms with Gasteiger partial charge in [0.05, 0.1) is 0 Å². The molecule has 0 saturated carbocycles. The Morgan fingerprint density at radius 2 is 1.50 bits per heavy atom. The lowest BCUT2D eigenvalue weighted by Crippen LogP contribution is -2.56. The van der Waals surface area contributed by atoms with Crippen LogP contribution in [0.15, 0.2) is 24.3 Å². The molecule has 0 aliphatic heterocycles. The molecule has 0 bridgehead atoms. The summed E-state index contributed by atoms with van der Waals surface area (Å²) in [6.07, 6.45) is -5.88. The number of rotatable bonds is 2. The predicted octanol–water partition coefficient (Wildman–Crippen LogP) is 4.63. The molecule has 1 aliphatic rings. The van der Waals surface area contributed by atoms with Crippen LogP contribution in [0.2, 0.25) is 0 Å². The van der Waals surface area contributed by atoms with Gasteiger partial charge in [0.25, 0.3) is 0 Å². The van der Waals surface area contributed by atoms with Gasteiger partial charge in [-0.1, -0.05) is 24.3 Å². The minimum atomic E-state index is -6.28. The smallest absolute Gasteiger partial charge is 0.199 e. The summed E-state index contributed by atoms with van der Waals surface area (Å²) in [4.78, 5) is 0. The van der Waals surface area contributed by atoms with Gasteiger partial charge in [-0.15, -0.1) is 0 Å². The number of benzene rings is 1. The Balaban J connectivity index is 2.29. The molecule has 0 nitrogen and oxygen atoms in total. The Morgan fingerprint density at radius 1 is 0.900 bits per heavy atom. The minimum absolute atomic E-state index is 0.0425. The summed E-state index contributed by atoms with van der Waals surface area (Å²) in [5.74, 6) is -13.4. The number of alkyl halides is 7. The van der Waals surface area contributed by atoms with Crippen molar-refractivity contribution >= 4 is 0 Å². The van der Waals surface area contributed by atoms with Gasteiger partial charge in [-0.3, -0.25) is 0 Å². The van der Waals surface area contributed by atoms with E-state index in [0.29, 0.717) is 5.56 Å². The highest BCUT2D eigenvalue weighted by Crippen LogP contribution is 2.52. The molecule has 0 spiro atoms. The normalized spacial score (nSPS) is 20.6. The quantitative estimate of drug-likeness (QED) is 0.698. The summed E-state index contributed by atoms with van der Waals surface area (Å²) >= 11 is 0. The van der Waals surface area contributed by atoms with Gasteiger partial charge in [-0.05, 0) is 24.0 Å². The molecule has 20 heavy (non-hydrogen) atoms. The van der Waals surface area contributed by atoms with Gasteiger partial charge in [0.2, 0.25) is 0 Å². The van der Waals surface area contributed by atoms with Crippen LogP contribution in [-0.4, -0.2) is 18.0 Å². The van der Waals surface area contributed by atoms with Crippen LogP contribution in [0.5, 0.6) is 0 Å². The molecule has 1 aromatic rings. The molecular weight excluding hydrogens is 289 g/mol. The first-order chi connectivity index (χ1) is 9.07. The zero-order valence-electron chi connectivity index (χ0n) is 10.0. The predicted molar refractivity (Wildman–Crippen MR) is 57.6 cm³/mol. The van der Waals surface area contributed by atoms with Crippen molar-refractivity contribution in [1.82, 2.24) is 0 Å². The van der Waals surface area contributed by atoms with Crippen molar-refractivity contribution in [1.29, 1.82) is 0 Å². The summed E-state index contributed by atoms with van der Waals surface area (Å²) in [7, 11) is 0. The lowest BCUT2D eigenvalue weighted by molar-refractivity contribution is -0.364. The van der Waals surface area contributed by atoms with Crippen molar-refractivity contribution in [3.63, 3.8) is 0 Å². The van der Waals surface area contributed by atoms with E-state index in [2.05, 4.69) is 0 Å². The maximum Gasteiger partial charge on any atom is 0.459 e. The van der Waals surface area contributed by atoms with E-state index in [1.54, 1.807) is 12.1 Å². The monoisotopic (exact) mass is 299 g/mol. The molecule has 0 fully saturated rings. The number of aryl methyl sites for hydroxylation is 1. The van der Waals surface area contributed by atoms with Crippen LogP contribution in [-0.2, 0) is 6.42 Å². The number of halogens is 7.